The molecular formula is C23H46. The van der Waals surface area contributed by atoms with Crippen molar-refractivity contribution in [2.75, 3.05) is 0 Å². The van der Waals surface area contributed by atoms with Crippen molar-refractivity contribution in [1.82, 2.24) is 0 Å². The predicted octanol–water partition coefficient (Wildman–Crippen LogP) is 7.96. The summed E-state index contributed by atoms with van der Waals surface area (Å²) in [6.07, 6.45) is 13.4. The molecule has 2 fully saturated rings. The lowest BCUT2D eigenvalue weighted by molar-refractivity contribution is 0.186. The third-order valence-corrected chi connectivity index (χ3v) is 7.30. The van der Waals surface area contributed by atoms with Crippen LogP contribution in [0.3, 0.4) is 0 Å². The quantitative estimate of drug-likeness (QED) is 0.492. The normalized spacial score (nSPS) is 29.1. The van der Waals surface area contributed by atoms with Crippen molar-refractivity contribution in [1.29, 1.82) is 0 Å². The summed E-state index contributed by atoms with van der Waals surface area (Å²) in [5, 5.41) is 0. The monoisotopic (exact) mass is 322 g/mol. The number of hydrogen-bond acceptors (Lipinski definition) is 0. The fraction of sp³-hybridized carbons (Fsp3) is 1.00. The molecule has 0 aromatic rings. The second-order valence-electron chi connectivity index (χ2n) is 9.62. The van der Waals surface area contributed by atoms with Gasteiger partial charge in [0.15, 0.2) is 0 Å². The van der Waals surface area contributed by atoms with E-state index in [-0.39, 0.29) is 0 Å². The Morgan fingerprint density at radius 2 is 0.913 bits per heavy atom. The Labute approximate surface area is 148 Å². The van der Waals surface area contributed by atoms with Crippen LogP contribution >= 0.6 is 0 Å². The lowest BCUT2D eigenvalue weighted by Gasteiger charge is -2.32. The van der Waals surface area contributed by atoms with Gasteiger partial charge in [-0.15, -0.1) is 0 Å². The van der Waals surface area contributed by atoms with Crippen molar-refractivity contribution >= 4 is 0 Å². The molecule has 2 rings (SSSR count). The van der Waals surface area contributed by atoms with Gasteiger partial charge in [0.2, 0.25) is 0 Å². The molecule has 2 aliphatic rings. The third kappa shape index (κ3) is 7.61. The van der Waals surface area contributed by atoms with Crippen LogP contribution < -0.4 is 0 Å². The van der Waals surface area contributed by atoms with Crippen LogP contribution in [-0.2, 0) is 0 Å². The lowest BCUT2D eigenvalue weighted by atomic mass is 9.73. The zero-order valence-corrected chi connectivity index (χ0v) is 17.4. The smallest absolute Gasteiger partial charge is 0.0386 e. The SMILES string of the molecule is CC(C)C(C)C1CCCCC1.CC1CCC(C(C)C(C)C)CC1. The van der Waals surface area contributed by atoms with E-state index in [2.05, 4.69) is 48.5 Å². The molecule has 2 aliphatic carbocycles. The summed E-state index contributed by atoms with van der Waals surface area (Å²) in [4.78, 5) is 0. The molecular weight excluding hydrogens is 276 g/mol. The van der Waals surface area contributed by atoms with Crippen molar-refractivity contribution in [3.8, 4) is 0 Å². The summed E-state index contributed by atoms with van der Waals surface area (Å²) in [7, 11) is 0. The zero-order valence-electron chi connectivity index (χ0n) is 17.4. The van der Waals surface area contributed by atoms with E-state index in [1.165, 1.54) is 57.8 Å². The van der Waals surface area contributed by atoms with Gasteiger partial charge in [-0.1, -0.05) is 93.4 Å². The van der Waals surface area contributed by atoms with E-state index < -0.39 is 0 Å². The van der Waals surface area contributed by atoms with Crippen LogP contribution in [0.1, 0.15) is 106 Å². The van der Waals surface area contributed by atoms with Gasteiger partial charge in [0.05, 0.1) is 0 Å². The van der Waals surface area contributed by atoms with Crippen LogP contribution in [0.25, 0.3) is 0 Å². The molecule has 0 spiro atoms. The molecule has 0 heterocycles. The highest BCUT2D eigenvalue weighted by atomic mass is 14.3. The summed E-state index contributed by atoms with van der Waals surface area (Å²) in [6, 6.07) is 0. The van der Waals surface area contributed by atoms with E-state index in [1.807, 2.05) is 0 Å². The van der Waals surface area contributed by atoms with Crippen molar-refractivity contribution in [2.45, 2.75) is 106 Å². The third-order valence-electron chi connectivity index (χ3n) is 7.30. The standard InChI is InChI=1S/C12H24.C11H22/c1-9(2)11(4)12-7-5-10(3)6-8-12;1-9(2)10(3)11-7-5-4-6-8-11/h9-12H,5-8H2,1-4H3;9-11H,4-8H2,1-3H3. The second-order valence-corrected chi connectivity index (χ2v) is 9.62. The average Bonchev–Trinajstić information content (AvgIpc) is 2.55. The molecule has 0 radical (unpaired) electrons. The highest BCUT2D eigenvalue weighted by Crippen LogP contribution is 2.36. The van der Waals surface area contributed by atoms with Crippen molar-refractivity contribution in [2.24, 2.45) is 41.4 Å². The molecule has 2 saturated carbocycles. The topological polar surface area (TPSA) is 0 Å². The van der Waals surface area contributed by atoms with E-state index in [0.717, 1.165) is 41.4 Å². The van der Waals surface area contributed by atoms with Gasteiger partial charge in [-0.3, -0.25) is 0 Å². The van der Waals surface area contributed by atoms with Crippen molar-refractivity contribution in [3.63, 3.8) is 0 Å². The first-order valence-electron chi connectivity index (χ1n) is 10.8. The maximum Gasteiger partial charge on any atom is -0.0386 e. The summed E-state index contributed by atoms with van der Waals surface area (Å²) < 4.78 is 0. The molecule has 0 amide bonds. The van der Waals surface area contributed by atoms with Crippen LogP contribution in [0.4, 0.5) is 0 Å². The Bertz CT molecular complexity index is 276. The molecule has 2 atom stereocenters. The van der Waals surface area contributed by atoms with Crippen LogP contribution in [0.2, 0.25) is 0 Å². The van der Waals surface area contributed by atoms with Crippen LogP contribution in [0, 0.1) is 41.4 Å². The molecule has 0 N–H and O–H groups in total. The van der Waals surface area contributed by atoms with Gasteiger partial charge in [0.1, 0.15) is 0 Å². The van der Waals surface area contributed by atoms with Gasteiger partial charge < -0.3 is 0 Å². The van der Waals surface area contributed by atoms with Crippen LogP contribution in [-0.4, -0.2) is 0 Å². The first kappa shape index (κ1) is 21.0. The summed E-state index contributed by atoms with van der Waals surface area (Å²) in [5.41, 5.74) is 0. The minimum absolute atomic E-state index is 0.878. The van der Waals surface area contributed by atoms with Gasteiger partial charge in [0, 0.05) is 0 Å². The maximum absolute atomic E-state index is 2.44. The average molecular weight is 323 g/mol. The Hall–Kier alpha value is 0. The molecule has 138 valence electrons. The Morgan fingerprint density at radius 3 is 1.30 bits per heavy atom. The lowest BCUT2D eigenvalue weighted by Crippen LogP contribution is -2.22. The molecule has 2 unspecified atom stereocenters. The summed E-state index contributed by atoms with van der Waals surface area (Å²) >= 11 is 0. The molecule has 0 heteroatoms. The predicted molar refractivity (Wildman–Crippen MR) is 106 cm³/mol. The molecule has 0 saturated heterocycles. The molecule has 0 aromatic carbocycles. The molecule has 0 aliphatic heterocycles. The molecule has 0 aromatic heterocycles. The zero-order chi connectivity index (χ0) is 17.4. The highest BCUT2D eigenvalue weighted by Gasteiger charge is 2.24. The first-order valence-corrected chi connectivity index (χ1v) is 10.8. The van der Waals surface area contributed by atoms with E-state index >= 15 is 0 Å². The summed E-state index contributed by atoms with van der Waals surface area (Å²) in [5.74, 6) is 6.74. The largest absolute Gasteiger partial charge is 0.0625 e. The minimum atomic E-state index is 0.878. The van der Waals surface area contributed by atoms with Gasteiger partial charge >= 0.3 is 0 Å². The fourth-order valence-corrected chi connectivity index (χ4v) is 4.56. The fourth-order valence-electron chi connectivity index (χ4n) is 4.56. The maximum atomic E-state index is 2.44. The van der Waals surface area contributed by atoms with Crippen LogP contribution in [0.5, 0.6) is 0 Å². The molecule has 23 heavy (non-hydrogen) atoms. The Morgan fingerprint density at radius 1 is 0.522 bits per heavy atom. The number of hydrogen-bond donors (Lipinski definition) is 0. The van der Waals surface area contributed by atoms with Crippen molar-refractivity contribution < 1.29 is 0 Å². The number of rotatable bonds is 4. The van der Waals surface area contributed by atoms with E-state index in [9.17, 15) is 0 Å². The van der Waals surface area contributed by atoms with Gasteiger partial charge in [-0.2, -0.15) is 0 Å². The first-order chi connectivity index (χ1) is 10.8. The Balaban J connectivity index is 0.000000231. The minimum Gasteiger partial charge on any atom is -0.0625 e. The summed E-state index contributed by atoms with van der Waals surface area (Å²) in [6.45, 7) is 16.7. The highest BCUT2D eigenvalue weighted by molar-refractivity contribution is 4.75. The van der Waals surface area contributed by atoms with E-state index in [0.29, 0.717) is 0 Å². The van der Waals surface area contributed by atoms with Gasteiger partial charge in [-0.25, -0.2) is 0 Å². The van der Waals surface area contributed by atoms with E-state index in [1.54, 1.807) is 0 Å². The molecule has 0 nitrogen and oxygen atoms in total. The van der Waals surface area contributed by atoms with Crippen molar-refractivity contribution in [3.05, 3.63) is 0 Å². The van der Waals surface area contributed by atoms with Gasteiger partial charge in [-0.05, 0) is 54.3 Å². The van der Waals surface area contributed by atoms with Gasteiger partial charge in [0.25, 0.3) is 0 Å². The van der Waals surface area contributed by atoms with E-state index in [4.69, 9.17) is 0 Å². The van der Waals surface area contributed by atoms with Crippen LogP contribution in [0.15, 0.2) is 0 Å². The Kier molecular flexibility index (Phi) is 9.86. The molecule has 0 bridgehead atoms. The second kappa shape index (κ2) is 10.8.